The predicted molar refractivity (Wildman–Crippen MR) is 85.5 cm³/mol. The summed E-state index contributed by atoms with van der Waals surface area (Å²) in [5.74, 6) is 0.311. The molecule has 0 atom stereocenters. The van der Waals surface area contributed by atoms with Crippen molar-refractivity contribution in [1.82, 2.24) is 10.2 Å². The first kappa shape index (κ1) is 16.0. The molecule has 1 aromatic heterocycles. The van der Waals surface area contributed by atoms with Gasteiger partial charge in [-0.3, -0.25) is 9.59 Å². The average Bonchev–Trinajstić information content (AvgIpc) is 2.79. The van der Waals surface area contributed by atoms with Crippen LogP contribution in [0.15, 0.2) is 5.38 Å². The second-order valence-corrected chi connectivity index (χ2v) is 6.85. The van der Waals surface area contributed by atoms with Gasteiger partial charge >= 0.3 is 0 Å². The van der Waals surface area contributed by atoms with E-state index in [0.29, 0.717) is 19.6 Å². The molecule has 4 nitrogen and oxygen atoms in total. The monoisotopic (exact) mass is 308 g/mol. The molecule has 2 rings (SSSR count). The molecular formula is C16H24N2O2S. The highest BCUT2D eigenvalue weighted by atomic mass is 32.1. The van der Waals surface area contributed by atoms with Crippen molar-refractivity contribution < 1.29 is 9.59 Å². The fourth-order valence-corrected chi connectivity index (χ4v) is 3.65. The number of hydrogen-bond donors (Lipinski definition) is 1. The van der Waals surface area contributed by atoms with Crippen molar-refractivity contribution in [3.63, 3.8) is 0 Å². The van der Waals surface area contributed by atoms with Gasteiger partial charge in [0.25, 0.3) is 0 Å². The third-order valence-electron chi connectivity index (χ3n) is 4.39. The Hall–Kier alpha value is -1.36. The summed E-state index contributed by atoms with van der Waals surface area (Å²) in [4.78, 5) is 26.6. The first-order chi connectivity index (χ1) is 9.99. The van der Waals surface area contributed by atoms with Crippen LogP contribution in [-0.4, -0.2) is 36.3 Å². The summed E-state index contributed by atoms with van der Waals surface area (Å²) < 4.78 is 0. The molecule has 0 spiro atoms. The van der Waals surface area contributed by atoms with E-state index in [-0.39, 0.29) is 17.7 Å². The molecule has 2 heterocycles. The number of aryl methyl sites for hydroxylation is 1. The van der Waals surface area contributed by atoms with Crippen molar-refractivity contribution in [3.8, 4) is 0 Å². The number of carbonyl (C=O) groups is 2. The third kappa shape index (κ3) is 4.06. The quantitative estimate of drug-likeness (QED) is 0.928. The van der Waals surface area contributed by atoms with Crippen LogP contribution in [0.2, 0.25) is 0 Å². The molecule has 1 saturated heterocycles. The Kier molecular flexibility index (Phi) is 5.39. The van der Waals surface area contributed by atoms with Crippen molar-refractivity contribution in [3.05, 3.63) is 21.4 Å². The number of hydrogen-bond acceptors (Lipinski definition) is 3. The van der Waals surface area contributed by atoms with Crippen LogP contribution >= 0.6 is 11.3 Å². The molecule has 0 aromatic carbocycles. The minimum absolute atomic E-state index is 0.0610. The van der Waals surface area contributed by atoms with E-state index in [1.54, 1.807) is 18.3 Å². The predicted octanol–water partition coefficient (Wildman–Crippen LogP) is 2.28. The van der Waals surface area contributed by atoms with Crippen molar-refractivity contribution in [1.29, 1.82) is 0 Å². The largest absolute Gasteiger partial charge is 0.356 e. The van der Waals surface area contributed by atoms with E-state index in [9.17, 15) is 9.59 Å². The molecule has 0 aliphatic carbocycles. The Bertz CT molecular complexity index is 516. The summed E-state index contributed by atoms with van der Waals surface area (Å²) in [5, 5.41) is 5.23. The molecule has 0 radical (unpaired) electrons. The van der Waals surface area contributed by atoms with Crippen LogP contribution in [-0.2, 0) is 16.0 Å². The SMILES string of the molecule is CC(=O)N1CCC(C(=O)NCCc2csc(C)c2C)CC1. The minimum atomic E-state index is 0.0610. The van der Waals surface area contributed by atoms with Gasteiger partial charge in [-0.15, -0.1) is 11.3 Å². The molecule has 2 amide bonds. The summed E-state index contributed by atoms with van der Waals surface area (Å²) in [6, 6.07) is 0. The Morgan fingerprint density at radius 3 is 2.52 bits per heavy atom. The van der Waals surface area contributed by atoms with E-state index >= 15 is 0 Å². The highest BCUT2D eigenvalue weighted by molar-refractivity contribution is 7.10. The second-order valence-electron chi connectivity index (χ2n) is 5.76. The third-order valence-corrected chi connectivity index (χ3v) is 5.45. The fraction of sp³-hybridized carbons (Fsp3) is 0.625. The highest BCUT2D eigenvalue weighted by Crippen LogP contribution is 2.21. The topological polar surface area (TPSA) is 49.4 Å². The zero-order chi connectivity index (χ0) is 15.4. The van der Waals surface area contributed by atoms with Crippen LogP contribution in [0.3, 0.4) is 0 Å². The molecule has 21 heavy (non-hydrogen) atoms. The van der Waals surface area contributed by atoms with Gasteiger partial charge in [0, 0.05) is 37.4 Å². The Morgan fingerprint density at radius 2 is 2.00 bits per heavy atom. The first-order valence-electron chi connectivity index (χ1n) is 7.56. The minimum Gasteiger partial charge on any atom is -0.356 e. The number of thiophene rings is 1. The lowest BCUT2D eigenvalue weighted by Gasteiger charge is -2.30. The number of piperidine rings is 1. The first-order valence-corrected chi connectivity index (χ1v) is 8.43. The normalized spacial score (nSPS) is 16.0. The van der Waals surface area contributed by atoms with Crippen LogP contribution in [0.25, 0.3) is 0 Å². The molecule has 1 fully saturated rings. The molecule has 116 valence electrons. The highest BCUT2D eigenvalue weighted by Gasteiger charge is 2.25. The lowest BCUT2D eigenvalue weighted by atomic mass is 9.96. The zero-order valence-electron chi connectivity index (χ0n) is 13.1. The molecule has 0 saturated carbocycles. The standard InChI is InChI=1S/C16H24N2O2S/c1-11-12(2)21-10-15(11)4-7-17-16(20)14-5-8-18(9-6-14)13(3)19/h10,14H,4-9H2,1-3H3,(H,17,20). The molecule has 1 N–H and O–H groups in total. The number of likely N-dealkylation sites (tertiary alicyclic amines) is 1. The van der Waals surface area contributed by atoms with Gasteiger partial charge in [-0.1, -0.05) is 0 Å². The lowest BCUT2D eigenvalue weighted by molar-refractivity contribution is -0.133. The molecule has 5 heteroatoms. The van der Waals surface area contributed by atoms with Gasteiger partial charge in [0.05, 0.1) is 0 Å². The molecule has 1 aliphatic heterocycles. The van der Waals surface area contributed by atoms with Crippen molar-refractivity contribution in [2.75, 3.05) is 19.6 Å². The van der Waals surface area contributed by atoms with E-state index in [4.69, 9.17) is 0 Å². The average molecular weight is 308 g/mol. The van der Waals surface area contributed by atoms with Gasteiger partial charge in [0.2, 0.25) is 11.8 Å². The number of carbonyl (C=O) groups excluding carboxylic acids is 2. The second kappa shape index (κ2) is 7.07. The van der Waals surface area contributed by atoms with E-state index in [0.717, 1.165) is 19.3 Å². The van der Waals surface area contributed by atoms with Gasteiger partial charge in [-0.2, -0.15) is 0 Å². The lowest BCUT2D eigenvalue weighted by Crippen LogP contribution is -2.42. The van der Waals surface area contributed by atoms with E-state index in [1.165, 1.54) is 16.0 Å². The Balaban J connectivity index is 1.73. The maximum Gasteiger partial charge on any atom is 0.223 e. The van der Waals surface area contributed by atoms with Crippen LogP contribution in [0.1, 0.15) is 35.8 Å². The molecule has 0 unspecified atom stereocenters. The summed E-state index contributed by atoms with van der Waals surface area (Å²) in [6.07, 6.45) is 2.46. The van der Waals surface area contributed by atoms with Crippen LogP contribution in [0, 0.1) is 19.8 Å². The number of nitrogens with zero attached hydrogens (tertiary/aromatic N) is 1. The summed E-state index contributed by atoms with van der Waals surface area (Å²) in [6.45, 7) is 7.96. The van der Waals surface area contributed by atoms with Crippen molar-refractivity contribution in [2.24, 2.45) is 5.92 Å². The van der Waals surface area contributed by atoms with E-state index in [2.05, 4.69) is 24.5 Å². The van der Waals surface area contributed by atoms with Crippen LogP contribution < -0.4 is 5.32 Å². The smallest absolute Gasteiger partial charge is 0.223 e. The Labute approximate surface area is 130 Å². The fourth-order valence-electron chi connectivity index (χ4n) is 2.73. The number of nitrogens with one attached hydrogen (secondary N) is 1. The molecular weight excluding hydrogens is 284 g/mol. The van der Waals surface area contributed by atoms with E-state index in [1.807, 2.05) is 4.90 Å². The molecule has 1 aromatic rings. The molecule has 0 bridgehead atoms. The molecule has 1 aliphatic rings. The summed E-state index contributed by atoms with van der Waals surface area (Å²) in [5.41, 5.74) is 2.69. The number of amides is 2. The van der Waals surface area contributed by atoms with Gasteiger partial charge < -0.3 is 10.2 Å². The summed E-state index contributed by atoms with van der Waals surface area (Å²) >= 11 is 1.77. The maximum atomic E-state index is 12.1. The van der Waals surface area contributed by atoms with Crippen molar-refractivity contribution >= 4 is 23.2 Å². The van der Waals surface area contributed by atoms with Gasteiger partial charge in [0.15, 0.2) is 0 Å². The maximum absolute atomic E-state index is 12.1. The summed E-state index contributed by atoms with van der Waals surface area (Å²) in [7, 11) is 0. The Morgan fingerprint density at radius 1 is 1.33 bits per heavy atom. The van der Waals surface area contributed by atoms with Gasteiger partial charge in [-0.25, -0.2) is 0 Å². The van der Waals surface area contributed by atoms with Gasteiger partial charge in [0.1, 0.15) is 0 Å². The zero-order valence-corrected chi connectivity index (χ0v) is 13.9. The van der Waals surface area contributed by atoms with Crippen molar-refractivity contribution in [2.45, 2.75) is 40.0 Å². The van der Waals surface area contributed by atoms with Crippen LogP contribution in [0.5, 0.6) is 0 Å². The van der Waals surface area contributed by atoms with Crippen LogP contribution in [0.4, 0.5) is 0 Å². The van der Waals surface area contributed by atoms with Gasteiger partial charge in [-0.05, 0) is 49.6 Å². The van der Waals surface area contributed by atoms with E-state index < -0.39 is 0 Å². The number of rotatable bonds is 4.